The van der Waals surface area contributed by atoms with Crippen LogP contribution >= 0.6 is 15.9 Å². The van der Waals surface area contributed by atoms with Gasteiger partial charge in [0.15, 0.2) is 5.75 Å². The maximum Gasteiger partial charge on any atom is 0.404 e. The van der Waals surface area contributed by atoms with E-state index in [0.717, 1.165) is 12.1 Å². The van der Waals surface area contributed by atoms with Gasteiger partial charge < -0.3 is 4.74 Å². The van der Waals surface area contributed by atoms with E-state index in [4.69, 9.17) is 0 Å². The summed E-state index contributed by atoms with van der Waals surface area (Å²) in [6.45, 7) is -0.851. The van der Waals surface area contributed by atoms with Crippen molar-refractivity contribution in [3.05, 3.63) is 34.1 Å². The van der Waals surface area contributed by atoms with Crippen molar-refractivity contribution in [2.45, 2.75) is 11.0 Å². The second-order valence-electron chi connectivity index (χ2n) is 3.19. The number of alkyl halides is 4. The maximum atomic E-state index is 12.7. The van der Waals surface area contributed by atoms with E-state index in [9.17, 15) is 27.7 Å². The van der Waals surface area contributed by atoms with Crippen molar-refractivity contribution in [2.24, 2.45) is 0 Å². The highest BCUT2D eigenvalue weighted by Gasteiger charge is 2.38. The van der Waals surface area contributed by atoms with Gasteiger partial charge in [-0.25, -0.2) is 4.39 Å². The zero-order valence-corrected chi connectivity index (χ0v) is 10.2. The van der Waals surface area contributed by atoms with E-state index in [0.29, 0.717) is 6.07 Å². The van der Waals surface area contributed by atoms with Gasteiger partial charge in [-0.05, 0) is 12.1 Å². The summed E-state index contributed by atoms with van der Waals surface area (Å²) in [5, 5.41) is 10.5. The molecule has 100 valence electrons. The zero-order valence-electron chi connectivity index (χ0n) is 8.58. The second-order valence-corrected chi connectivity index (χ2v) is 4.29. The molecule has 0 saturated carbocycles. The quantitative estimate of drug-likeness (QED) is 0.367. The topological polar surface area (TPSA) is 52.4 Å². The first-order valence-corrected chi connectivity index (χ1v) is 5.41. The zero-order chi connectivity index (χ0) is 13.9. The largest absolute Gasteiger partial charge is 0.485 e. The number of nitro groups is 1. The molecule has 0 heterocycles. The van der Waals surface area contributed by atoms with Crippen molar-refractivity contribution < 1.29 is 27.2 Å². The van der Waals surface area contributed by atoms with Gasteiger partial charge in [-0.2, -0.15) is 13.2 Å². The third-order valence-corrected chi connectivity index (χ3v) is 2.64. The van der Waals surface area contributed by atoms with E-state index in [1.165, 1.54) is 0 Å². The van der Waals surface area contributed by atoms with Crippen LogP contribution in [0.2, 0.25) is 0 Å². The molecule has 1 rings (SSSR count). The number of hydrogen-bond donors (Lipinski definition) is 0. The average molecular weight is 332 g/mol. The predicted molar refractivity (Wildman–Crippen MR) is 57.3 cm³/mol. The predicted octanol–water partition coefficient (Wildman–Crippen LogP) is 3.44. The van der Waals surface area contributed by atoms with E-state index in [1.807, 2.05) is 0 Å². The standard InChI is InChI=1S/C9H6BrF4NO3/c10-8(9(12,13)14)4-18-7-2-1-5(11)3-6(7)15(16)17/h1-3,8H,4H2. The van der Waals surface area contributed by atoms with Crippen LogP contribution in [0.4, 0.5) is 23.2 Å². The highest BCUT2D eigenvalue weighted by molar-refractivity contribution is 9.09. The molecule has 0 aliphatic rings. The smallest absolute Gasteiger partial charge is 0.404 e. The number of halogens is 5. The minimum atomic E-state index is -4.53. The van der Waals surface area contributed by atoms with E-state index in [2.05, 4.69) is 20.7 Å². The monoisotopic (exact) mass is 331 g/mol. The van der Waals surface area contributed by atoms with Crippen molar-refractivity contribution in [2.75, 3.05) is 6.61 Å². The lowest BCUT2D eigenvalue weighted by atomic mass is 10.3. The van der Waals surface area contributed by atoms with Crippen LogP contribution in [0.15, 0.2) is 18.2 Å². The van der Waals surface area contributed by atoms with Gasteiger partial charge in [-0.1, -0.05) is 15.9 Å². The van der Waals surface area contributed by atoms with E-state index >= 15 is 0 Å². The fourth-order valence-corrected chi connectivity index (χ4v) is 1.14. The second kappa shape index (κ2) is 5.51. The maximum absolute atomic E-state index is 12.7. The lowest BCUT2D eigenvalue weighted by molar-refractivity contribution is -0.386. The fraction of sp³-hybridized carbons (Fsp3) is 0.333. The van der Waals surface area contributed by atoms with E-state index in [1.54, 1.807) is 0 Å². The Labute approximate surface area is 107 Å². The Balaban J connectivity index is 2.82. The molecule has 0 saturated heterocycles. The van der Waals surface area contributed by atoms with E-state index in [-0.39, 0.29) is 0 Å². The highest BCUT2D eigenvalue weighted by Crippen LogP contribution is 2.30. The molecule has 0 aromatic heterocycles. The van der Waals surface area contributed by atoms with Crippen molar-refractivity contribution in [3.8, 4) is 5.75 Å². The number of rotatable bonds is 4. The van der Waals surface area contributed by atoms with Crippen LogP contribution in [0.1, 0.15) is 0 Å². The molecule has 1 unspecified atom stereocenters. The van der Waals surface area contributed by atoms with Crippen LogP contribution in [-0.2, 0) is 0 Å². The average Bonchev–Trinajstić information content (AvgIpc) is 2.25. The van der Waals surface area contributed by atoms with Gasteiger partial charge in [0, 0.05) is 0 Å². The number of benzene rings is 1. The lowest BCUT2D eigenvalue weighted by Gasteiger charge is -2.14. The summed E-state index contributed by atoms with van der Waals surface area (Å²) in [7, 11) is 0. The summed E-state index contributed by atoms with van der Waals surface area (Å²) >= 11 is 2.34. The molecule has 9 heteroatoms. The summed E-state index contributed by atoms with van der Waals surface area (Å²) in [6.07, 6.45) is -4.53. The molecule has 4 nitrogen and oxygen atoms in total. The van der Waals surface area contributed by atoms with Crippen LogP contribution in [0.3, 0.4) is 0 Å². The minimum Gasteiger partial charge on any atom is -0.485 e. The van der Waals surface area contributed by atoms with Crippen molar-refractivity contribution in [1.29, 1.82) is 0 Å². The molecule has 0 bridgehead atoms. The van der Waals surface area contributed by atoms with Crippen LogP contribution < -0.4 is 4.74 Å². The summed E-state index contributed by atoms with van der Waals surface area (Å²) < 4.78 is 53.9. The van der Waals surface area contributed by atoms with Gasteiger partial charge in [0.2, 0.25) is 0 Å². The molecule has 18 heavy (non-hydrogen) atoms. The molecule has 1 atom stereocenters. The molecule has 0 amide bonds. The van der Waals surface area contributed by atoms with Gasteiger partial charge in [0.05, 0.1) is 11.0 Å². The van der Waals surface area contributed by atoms with Gasteiger partial charge in [-0.3, -0.25) is 10.1 Å². The Bertz CT molecular complexity index is 452. The fourth-order valence-electron chi connectivity index (χ4n) is 1.01. The normalized spacial score (nSPS) is 13.2. The summed E-state index contributed by atoms with van der Waals surface area (Å²) in [5.74, 6) is -1.30. The van der Waals surface area contributed by atoms with Gasteiger partial charge in [0.25, 0.3) is 0 Å². The van der Waals surface area contributed by atoms with Crippen molar-refractivity contribution in [1.82, 2.24) is 0 Å². The number of ether oxygens (including phenoxy) is 1. The van der Waals surface area contributed by atoms with Crippen LogP contribution in [-0.4, -0.2) is 22.5 Å². The molecule has 0 aliphatic heterocycles. The Morgan fingerprint density at radius 2 is 2.06 bits per heavy atom. The summed E-state index contributed by atoms with van der Waals surface area (Å²) in [4.78, 5) is 7.64. The third-order valence-electron chi connectivity index (χ3n) is 1.86. The third kappa shape index (κ3) is 3.83. The molecule has 0 fully saturated rings. The molecular formula is C9H6BrF4NO3. The molecule has 0 radical (unpaired) electrons. The van der Waals surface area contributed by atoms with Gasteiger partial charge in [0.1, 0.15) is 17.3 Å². The first kappa shape index (κ1) is 14.7. The SMILES string of the molecule is O=[N+]([O-])c1cc(F)ccc1OCC(Br)C(F)(F)F. The Kier molecular flexibility index (Phi) is 4.49. The lowest BCUT2D eigenvalue weighted by Crippen LogP contribution is -2.29. The Morgan fingerprint density at radius 3 is 2.56 bits per heavy atom. The molecule has 0 aliphatic carbocycles. The van der Waals surface area contributed by atoms with Gasteiger partial charge in [-0.15, -0.1) is 0 Å². The first-order chi connectivity index (χ1) is 8.21. The van der Waals surface area contributed by atoms with E-state index < -0.39 is 39.8 Å². The number of hydrogen-bond acceptors (Lipinski definition) is 3. The molecule has 0 spiro atoms. The Morgan fingerprint density at radius 1 is 1.44 bits per heavy atom. The molecule has 1 aromatic carbocycles. The van der Waals surface area contributed by atoms with Crippen molar-refractivity contribution in [3.63, 3.8) is 0 Å². The highest BCUT2D eigenvalue weighted by atomic mass is 79.9. The minimum absolute atomic E-state index is 0.421. The molecule has 0 N–H and O–H groups in total. The molecular weight excluding hydrogens is 326 g/mol. The summed E-state index contributed by atoms with van der Waals surface area (Å²) in [5.41, 5.74) is -0.725. The number of nitro benzene ring substituents is 1. The van der Waals surface area contributed by atoms with Crippen molar-refractivity contribution >= 4 is 21.6 Å². The van der Waals surface area contributed by atoms with Crippen LogP contribution in [0, 0.1) is 15.9 Å². The number of nitrogens with zero attached hydrogens (tertiary/aromatic N) is 1. The Hall–Kier alpha value is -1.38. The summed E-state index contributed by atoms with van der Waals surface area (Å²) in [6, 6.07) is 2.34. The van der Waals surface area contributed by atoms with Crippen LogP contribution in [0.25, 0.3) is 0 Å². The van der Waals surface area contributed by atoms with Crippen LogP contribution in [0.5, 0.6) is 5.75 Å². The van der Waals surface area contributed by atoms with Gasteiger partial charge >= 0.3 is 11.9 Å². The molecule has 1 aromatic rings. The first-order valence-electron chi connectivity index (χ1n) is 4.49.